The van der Waals surface area contributed by atoms with Crippen LogP contribution in [0.2, 0.25) is 0 Å². The van der Waals surface area contributed by atoms with E-state index in [9.17, 15) is 9.90 Å². The zero-order valence-electron chi connectivity index (χ0n) is 10.6. The number of nitrogens with zero attached hydrogens (tertiary/aromatic N) is 1. The molecule has 1 heterocycles. The fourth-order valence-corrected chi connectivity index (χ4v) is 1.57. The van der Waals surface area contributed by atoms with Gasteiger partial charge in [-0.15, -0.1) is 0 Å². The van der Waals surface area contributed by atoms with Crippen molar-refractivity contribution in [1.29, 1.82) is 0 Å². The molecule has 0 aliphatic rings. The number of pyridine rings is 1. The maximum Gasteiger partial charge on any atom is 0.251 e. The number of nitrogen functional groups attached to an aromatic ring is 1. The first-order valence-electron chi connectivity index (χ1n) is 5.84. The highest BCUT2D eigenvalue weighted by atomic mass is 16.3. The third kappa shape index (κ3) is 3.22. The van der Waals surface area contributed by atoms with Crippen molar-refractivity contribution < 1.29 is 9.90 Å². The zero-order valence-corrected chi connectivity index (χ0v) is 10.6. The third-order valence-electron chi connectivity index (χ3n) is 2.72. The van der Waals surface area contributed by atoms with Gasteiger partial charge in [-0.1, -0.05) is 6.07 Å². The number of nitrogens with one attached hydrogen (secondary N) is 1. The van der Waals surface area contributed by atoms with E-state index in [0.717, 1.165) is 11.3 Å². The van der Waals surface area contributed by atoms with Gasteiger partial charge >= 0.3 is 0 Å². The third-order valence-corrected chi connectivity index (χ3v) is 2.72. The topological polar surface area (TPSA) is 88.2 Å². The van der Waals surface area contributed by atoms with Crippen molar-refractivity contribution in [3.63, 3.8) is 0 Å². The largest absolute Gasteiger partial charge is 0.506 e. The SMILES string of the molecule is Cc1ccc(CNC(=O)c2ccc(N)c(O)c2)cn1. The Bertz CT molecular complexity index is 594. The summed E-state index contributed by atoms with van der Waals surface area (Å²) in [7, 11) is 0. The Morgan fingerprint density at radius 3 is 2.79 bits per heavy atom. The number of anilines is 1. The summed E-state index contributed by atoms with van der Waals surface area (Å²) in [5.41, 5.74) is 7.94. The Morgan fingerprint density at radius 2 is 2.16 bits per heavy atom. The molecule has 1 amide bonds. The second-order valence-corrected chi connectivity index (χ2v) is 4.26. The van der Waals surface area contributed by atoms with Crippen LogP contribution in [0.3, 0.4) is 0 Å². The Hall–Kier alpha value is -2.56. The maximum atomic E-state index is 11.9. The molecule has 0 aliphatic heterocycles. The zero-order chi connectivity index (χ0) is 13.8. The Labute approximate surface area is 111 Å². The Kier molecular flexibility index (Phi) is 3.66. The van der Waals surface area contributed by atoms with E-state index in [-0.39, 0.29) is 17.3 Å². The van der Waals surface area contributed by atoms with Gasteiger partial charge in [-0.25, -0.2) is 0 Å². The molecule has 98 valence electrons. The van der Waals surface area contributed by atoms with Gasteiger partial charge in [-0.2, -0.15) is 0 Å². The molecule has 0 spiro atoms. The molecule has 1 aromatic carbocycles. The number of amides is 1. The van der Waals surface area contributed by atoms with E-state index in [2.05, 4.69) is 10.3 Å². The molecule has 0 saturated heterocycles. The predicted octanol–water partition coefficient (Wildman–Crippen LogP) is 1.61. The molecule has 0 aliphatic carbocycles. The summed E-state index contributed by atoms with van der Waals surface area (Å²) in [6.45, 7) is 2.29. The summed E-state index contributed by atoms with van der Waals surface area (Å²) in [6, 6.07) is 8.20. The summed E-state index contributed by atoms with van der Waals surface area (Å²) in [6.07, 6.45) is 1.72. The molecule has 4 N–H and O–H groups in total. The molecule has 1 aromatic heterocycles. The average molecular weight is 257 g/mol. The first kappa shape index (κ1) is 12.9. The van der Waals surface area contributed by atoms with Gasteiger partial charge < -0.3 is 16.2 Å². The molecule has 2 rings (SSSR count). The standard InChI is InChI=1S/C14H15N3O2/c1-9-2-3-10(7-16-9)8-17-14(19)11-4-5-12(15)13(18)6-11/h2-7,18H,8,15H2,1H3,(H,17,19). The van der Waals surface area contributed by atoms with E-state index < -0.39 is 0 Å². The van der Waals surface area contributed by atoms with Crippen molar-refractivity contribution in [3.8, 4) is 5.75 Å². The second-order valence-electron chi connectivity index (χ2n) is 4.26. The van der Waals surface area contributed by atoms with Gasteiger partial charge in [0.1, 0.15) is 5.75 Å². The Balaban J connectivity index is 2.01. The van der Waals surface area contributed by atoms with Gasteiger partial charge in [0.25, 0.3) is 5.91 Å². The van der Waals surface area contributed by atoms with Crippen molar-refractivity contribution in [2.45, 2.75) is 13.5 Å². The fraction of sp³-hybridized carbons (Fsp3) is 0.143. The van der Waals surface area contributed by atoms with Crippen LogP contribution in [0.25, 0.3) is 0 Å². The van der Waals surface area contributed by atoms with Crippen LogP contribution in [0.1, 0.15) is 21.6 Å². The molecule has 5 heteroatoms. The van der Waals surface area contributed by atoms with Gasteiger partial charge in [-0.3, -0.25) is 9.78 Å². The van der Waals surface area contributed by atoms with Crippen LogP contribution in [-0.4, -0.2) is 16.0 Å². The number of phenols is 1. The van der Waals surface area contributed by atoms with Crippen molar-refractivity contribution >= 4 is 11.6 Å². The highest BCUT2D eigenvalue weighted by Crippen LogP contribution is 2.20. The molecule has 0 saturated carbocycles. The van der Waals surface area contributed by atoms with Gasteiger partial charge in [0.15, 0.2) is 0 Å². The smallest absolute Gasteiger partial charge is 0.251 e. The highest BCUT2D eigenvalue weighted by molar-refractivity contribution is 5.95. The van der Waals surface area contributed by atoms with Crippen LogP contribution in [0.15, 0.2) is 36.5 Å². The summed E-state index contributed by atoms with van der Waals surface area (Å²) in [5.74, 6) is -0.361. The molecule has 5 nitrogen and oxygen atoms in total. The van der Waals surface area contributed by atoms with Crippen molar-refractivity contribution in [2.24, 2.45) is 0 Å². The number of nitrogens with two attached hydrogens (primary N) is 1. The molecular weight excluding hydrogens is 242 g/mol. The number of aromatic nitrogens is 1. The van der Waals surface area contributed by atoms with E-state index >= 15 is 0 Å². The quantitative estimate of drug-likeness (QED) is 0.575. The summed E-state index contributed by atoms with van der Waals surface area (Å²) in [4.78, 5) is 16.0. The lowest BCUT2D eigenvalue weighted by Crippen LogP contribution is -2.22. The number of hydrogen-bond donors (Lipinski definition) is 3. The number of benzene rings is 1. The number of carbonyl (C=O) groups is 1. The number of aryl methyl sites for hydroxylation is 1. The summed E-state index contributed by atoms with van der Waals surface area (Å²) >= 11 is 0. The van der Waals surface area contributed by atoms with Crippen LogP contribution in [0, 0.1) is 6.92 Å². The molecule has 2 aromatic rings. The molecule has 19 heavy (non-hydrogen) atoms. The molecule has 0 radical (unpaired) electrons. The highest BCUT2D eigenvalue weighted by Gasteiger charge is 2.07. The molecule has 0 fully saturated rings. The maximum absolute atomic E-state index is 11.9. The minimum Gasteiger partial charge on any atom is -0.506 e. The predicted molar refractivity (Wildman–Crippen MR) is 72.7 cm³/mol. The lowest BCUT2D eigenvalue weighted by atomic mass is 10.1. The Morgan fingerprint density at radius 1 is 1.37 bits per heavy atom. The van der Waals surface area contributed by atoms with E-state index in [1.165, 1.54) is 12.1 Å². The lowest BCUT2D eigenvalue weighted by molar-refractivity contribution is 0.0950. The minimum absolute atomic E-state index is 0.0929. The first-order chi connectivity index (χ1) is 9.06. The second kappa shape index (κ2) is 5.39. The van der Waals surface area contributed by atoms with E-state index in [4.69, 9.17) is 5.73 Å². The number of phenolic OH excluding ortho intramolecular Hbond substituents is 1. The van der Waals surface area contributed by atoms with Crippen LogP contribution in [0.5, 0.6) is 5.75 Å². The van der Waals surface area contributed by atoms with Crippen molar-refractivity contribution in [2.75, 3.05) is 5.73 Å². The van der Waals surface area contributed by atoms with Crippen molar-refractivity contribution in [1.82, 2.24) is 10.3 Å². The lowest BCUT2D eigenvalue weighted by Gasteiger charge is -2.06. The van der Waals surface area contributed by atoms with Crippen molar-refractivity contribution in [3.05, 3.63) is 53.3 Å². The summed E-state index contributed by atoms with van der Waals surface area (Å²) in [5, 5.41) is 12.2. The van der Waals surface area contributed by atoms with Gasteiger partial charge in [0.2, 0.25) is 0 Å². The van der Waals surface area contributed by atoms with Gasteiger partial charge in [-0.05, 0) is 36.8 Å². The number of rotatable bonds is 3. The average Bonchev–Trinajstić information content (AvgIpc) is 2.41. The van der Waals surface area contributed by atoms with E-state index in [1.54, 1.807) is 12.3 Å². The molecule has 0 bridgehead atoms. The normalized spacial score (nSPS) is 10.2. The van der Waals surface area contributed by atoms with Crippen LogP contribution in [-0.2, 0) is 6.54 Å². The summed E-state index contributed by atoms with van der Waals surface area (Å²) < 4.78 is 0. The molecule has 0 unspecified atom stereocenters. The fourth-order valence-electron chi connectivity index (χ4n) is 1.57. The van der Waals surface area contributed by atoms with Crippen LogP contribution in [0.4, 0.5) is 5.69 Å². The molecular formula is C14H15N3O2. The van der Waals surface area contributed by atoms with Gasteiger partial charge in [0, 0.05) is 24.0 Å². The number of hydrogen-bond acceptors (Lipinski definition) is 4. The monoisotopic (exact) mass is 257 g/mol. The van der Waals surface area contributed by atoms with Crippen LogP contribution < -0.4 is 11.1 Å². The van der Waals surface area contributed by atoms with E-state index in [0.29, 0.717) is 12.1 Å². The number of aromatic hydroxyl groups is 1. The van der Waals surface area contributed by atoms with Gasteiger partial charge in [0.05, 0.1) is 5.69 Å². The van der Waals surface area contributed by atoms with E-state index in [1.807, 2.05) is 19.1 Å². The van der Waals surface area contributed by atoms with Crippen LogP contribution >= 0.6 is 0 Å². The first-order valence-corrected chi connectivity index (χ1v) is 5.84. The number of carbonyl (C=O) groups excluding carboxylic acids is 1. The molecule has 0 atom stereocenters. The minimum atomic E-state index is -0.268.